The van der Waals surface area contributed by atoms with Gasteiger partial charge in [0.2, 0.25) is 5.13 Å². The monoisotopic (exact) mass is 770 g/mol. The molecule has 1 aliphatic heterocycles. The number of benzene rings is 1. The first-order valence-corrected chi connectivity index (χ1v) is 14.9. The molecule has 1 atom stereocenters. The molecule has 1 aromatic carbocycles. The zero-order valence-corrected chi connectivity index (χ0v) is 25.2. The van der Waals surface area contributed by atoms with Crippen LogP contribution in [0.1, 0.15) is 23.9 Å². The molecule has 0 aliphatic carbocycles. The van der Waals surface area contributed by atoms with Crippen LogP contribution in [-0.4, -0.2) is 94.7 Å². The lowest BCUT2D eigenvalue weighted by molar-refractivity contribution is -0.458. The van der Waals surface area contributed by atoms with Crippen molar-refractivity contribution in [2.24, 2.45) is 0 Å². The van der Waals surface area contributed by atoms with Crippen LogP contribution in [0.5, 0.6) is 0 Å². The normalized spacial score (nSPS) is 18.8. The molecule has 1 aliphatic rings. The third-order valence-electron chi connectivity index (χ3n) is 7.13. The van der Waals surface area contributed by atoms with Crippen molar-refractivity contribution in [1.29, 1.82) is 0 Å². The van der Waals surface area contributed by atoms with E-state index in [2.05, 4.69) is 9.36 Å². The van der Waals surface area contributed by atoms with Crippen LogP contribution in [0.2, 0.25) is 0 Å². The predicted octanol–water partition coefficient (Wildman–Crippen LogP) is 7.24. The number of aryl methyl sites for hydroxylation is 1. The quantitative estimate of drug-likeness (QED) is 0.226. The predicted molar refractivity (Wildman–Crippen MR) is 132 cm³/mol. The van der Waals surface area contributed by atoms with E-state index >= 15 is 0 Å². The van der Waals surface area contributed by atoms with Crippen molar-refractivity contribution in [2.75, 3.05) is 24.5 Å². The van der Waals surface area contributed by atoms with E-state index in [1.807, 2.05) is 6.92 Å². The summed E-state index contributed by atoms with van der Waals surface area (Å²) >= 11 is 0.704. The van der Waals surface area contributed by atoms with Gasteiger partial charge in [0.05, 0.1) is 0 Å². The van der Waals surface area contributed by atoms with E-state index in [1.165, 1.54) is 4.90 Å². The van der Waals surface area contributed by atoms with E-state index < -0.39 is 87.0 Å². The maximum atomic E-state index is 14.7. The van der Waals surface area contributed by atoms with Gasteiger partial charge in [0.1, 0.15) is 5.82 Å². The molecule has 0 bridgehead atoms. The van der Waals surface area contributed by atoms with Crippen LogP contribution in [0.4, 0.5) is 79.8 Å². The van der Waals surface area contributed by atoms with E-state index in [1.54, 1.807) is 24.3 Å². The topological polar surface area (TPSA) is 66.4 Å². The van der Waals surface area contributed by atoms with Gasteiger partial charge in [-0.05, 0) is 19.4 Å². The molecule has 2 heterocycles. The van der Waals surface area contributed by atoms with Crippen molar-refractivity contribution in [3.8, 4) is 0 Å². The van der Waals surface area contributed by atoms with Gasteiger partial charge in [-0.3, -0.25) is 0 Å². The number of rotatable bonds is 11. The minimum Gasteiger partial charge on any atom is -0.342 e. The lowest BCUT2D eigenvalue weighted by Gasteiger charge is -2.44. The summed E-state index contributed by atoms with van der Waals surface area (Å²) in [5, 5.41) is -7.57. The van der Waals surface area contributed by atoms with Gasteiger partial charge in [-0.2, -0.15) is 83.3 Å². The zero-order chi connectivity index (χ0) is 37.3. The van der Waals surface area contributed by atoms with Gasteiger partial charge < -0.3 is 4.90 Å². The van der Waals surface area contributed by atoms with Crippen LogP contribution in [0.25, 0.3) is 0 Å². The molecule has 1 fully saturated rings. The molecule has 1 saturated heterocycles. The summed E-state index contributed by atoms with van der Waals surface area (Å²) in [6, 6.07) is 5.68. The van der Waals surface area contributed by atoms with Gasteiger partial charge in [-0.25, -0.2) is 13.4 Å². The maximum absolute atomic E-state index is 14.7. The smallest absolute Gasteiger partial charge is 0.342 e. The third-order valence-corrected chi connectivity index (χ3v) is 9.84. The van der Waals surface area contributed by atoms with Gasteiger partial charge in [0.25, 0.3) is 10.0 Å². The van der Waals surface area contributed by atoms with Crippen molar-refractivity contribution in [2.45, 2.75) is 73.3 Å². The lowest BCUT2D eigenvalue weighted by Crippen LogP contribution is -2.75. The Morgan fingerprint density at radius 1 is 0.729 bits per heavy atom. The molecule has 0 radical (unpaired) electrons. The fourth-order valence-electron chi connectivity index (χ4n) is 4.22. The second-order valence-corrected chi connectivity index (χ2v) is 13.2. The van der Waals surface area contributed by atoms with Crippen molar-refractivity contribution < 1.29 is 83.1 Å². The maximum Gasteiger partial charge on any atom is 0.460 e. The van der Waals surface area contributed by atoms with Gasteiger partial charge in [-0.1, -0.05) is 29.8 Å². The summed E-state index contributed by atoms with van der Waals surface area (Å²) in [6.07, 6.45) is -7.71. The van der Waals surface area contributed by atoms with E-state index in [9.17, 15) is 83.1 Å². The summed E-state index contributed by atoms with van der Waals surface area (Å²) in [4.78, 5) is 5.36. The molecule has 0 saturated carbocycles. The minimum absolute atomic E-state index is 0.0174. The molecule has 0 N–H and O–H groups in total. The van der Waals surface area contributed by atoms with Crippen LogP contribution in [0.3, 0.4) is 0 Å². The Morgan fingerprint density at radius 3 is 1.65 bits per heavy atom. The summed E-state index contributed by atoms with van der Waals surface area (Å²) in [7, 11) is -7.36. The van der Waals surface area contributed by atoms with Crippen molar-refractivity contribution >= 4 is 26.7 Å². The molecule has 0 spiro atoms. The molecule has 0 amide bonds. The molecular formula is C23H19F17N4O2S2. The van der Waals surface area contributed by atoms with Crippen LogP contribution in [0.15, 0.2) is 24.3 Å². The van der Waals surface area contributed by atoms with Gasteiger partial charge in [-0.15, -0.1) is 0 Å². The Bertz CT molecular complexity index is 1580. The Kier molecular flexibility index (Phi) is 9.91. The summed E-state index contributed by atoms with van der Waals surface area (Å²) in [5.41, 5.74) is 1.67. The number of halogens is 17. The first-order valence-electron chi connectivity index (χ1n) is 12.7. The summed E-state index contributed by atoms with van der Waals surface area (Å²) in [6.45, 7) is -0.474. The van der Waals surface area contributed by atoms with Crippen molar-refractivity contribution in [3.05, 3.63) is 41.2 Å². The van der Waals surface area contributed by atoms with Gasteiger partial charge >= 0.3 is 47.0 Å². The van der Waals surface area contributed by atoms with Gasteiger partial charge in [0, 0.05) is 43.6 Å². The number of sulfonamides is 1. The minimum atomic E-state index is -8.87. The SMILES string of the molecule is Cc1ccc(Cc2nsc(N3CCN(S(=O)(=O)C(F)(F)C(F)(F)C(F)(F)C(F)(F)C(F)(F)C(F)(F)C(F)(F)C(F)(F)F)CC3C)n2)cc1. The second kappa shape index (κ2) is 12.0. The average Bonchev–Trinajstić information content (AvgIpc) is 3.40. The highest BCUT2D eigenvalue weighted by Crippen LogP contribution is 2.64. The number of aromatic nitrogens is 2. The van der Waals surface area contributed by atoms with Crippen molar-refractivity contribution in [1.82, 2.24) is 13.7 Å². The molecular weight excluding hydrogens is 751 g/mol. The fourth-order valence-corrected chi connectivity index (χ4v) is 6.55. The molecule has 25 heteroatoms. The summed E-state index contributed by atoms with van der Waals surface area (Å²) in [5.74, 6) is -51.6. The van der Waals surface area contributed by atoms with Gasteiger partial charge in [0.15, 0.2) is 0 Å². The number of hydrogen-bond donors (Lipinski definition) is 0. The highest BCUT2D eigenvalue weighted by Gasteiger charge is 2.96. The Labute approximate surface area is 262 Å². The number of nitrogens with zero attached hydrogens (tertiary/aromatic N) is 4. The molecule has 48 heavy (non-hydrogen) atoms. The Balaban J connectivity index is 1.89. The third kappa shape index (κ3) is 5.83. The molecule has 1 unspecified atom stereocenters. The number of alkyl halides is 17. The number of hydrogen-bond acceptors (Lipinski definition) is 6. The first-order chi connectivity index (χ1) is 21.3. The number of anilines is 1. The highest BCUT2D eigenvalue weighted by atomic mass is 32.2. The largest absolute Gasteiger partial charge is 0.460 e. The number of piperazine rings is 1. The second-order valence-electron chi connectivity index (χ2n) is 10.5. The van der Waals surface area contributed by atoms with E-state index in [4.69, 9.17) is 0 Å². The van der Waals surface area contributed by atoms with Crippen LogP contribution in [-0.2, 0) is 16.4 Å². The van der Waals surface area contributed by atoms with E-state index in [0.717, 1.165) is 18.1 Å². The summed E-state index contributed by atoms with van der Waals surface area (Å²) < 4.78 is 260. The van der Waals surface area contributed by atoms with Crippen LogP contribution >= 0.6 is 11.5 Å². The van der Waals surface area contributed by atoms with E-state index in [-0.39, 0.29) is 17.4 Å². The van der Waals surface area contributed by atoms with E-state index in [0.29, 0.717) is 11.5 Å². The average molecular weight is 771 g/mol. The Hall–Kier alpha value is -2.70. The molecule has 3 rings (SSSR count). The lowest BCUT2D eigenvalue weighted by atomic mass is 9.91. The standard InChI is InChI=1S/C23H19F17N4O2S2/c1-11-3-5-13(6-4-11)9-14-41-15(47-42-14)44-8-7-43(10-12(44)2)48(45,46)23(39,40)21(34,35)19(30,31)17(26,27)16(24,25)18(28,29)20(32,33)22(36,37)38/h3-6,12H,7-10H2,1-2H3. The van der Waals surface area contributed by atoms with Crippen LogP contribution in [0, 0.1) is 6.92 Å². The van der Waals surface area contributed by atoms with Crippen LogP contribution < -0.4 is 4.90 Å². The first kappa shape index (κ1) is 39.7. The molecule has 6 nitrogen and oxygen atoms in total. The molecule has 2 aromatic rings. The molecule has 1 aromatic heterocycles. The fraction of sp³-hybridized carbons (Fsp3) is 0.652. The van der Waals surface area contributed by atoms with Crippen molar-refractivity contribution in [3.63, 3.8) is 0 Å². The zero-order valence-electron chi connectivity index (χ0n) is 23.6. The highest BCUT2D eigenvalue weighted by molar-refractivity contribution is 7.90. The molecule has 274 valence electrons. The Morgan fingerprint density at radius 2 is 1.19 bits per heavy atom.